The average molecular weight is 631 g/mol. The number of hydrogen-bond acceptors (Lipinski definition) is 6. The van der Waals surface area contributed by atoms with Gasteiger partial charge in [0.25, 0.3) is 5.91 Å². The highest BCUT2D eigenvalue weighted by Gasteiger charge is 2.31. The van der Waals surface area contributed by atoms with Crippen LogP contribution < -0.4 is 15.4 Å². The van der Waals surface area contributed by atoms with Crippen molar-refractivity contribution in [2.24, 2.45) is 11.8 Å². The molecule has 3 amide bonds. The lowest BCUT2D eigenvalue weighted by atomic mass is 10.0. The first-order valence-corrected chi connectivity index (χ1v) is 16.8. The molecule has 0 radical (unpaired) electrons. The molecule has 0 unspecified atom stereocenters. The molecule has 2 aliphatic rings. The van der Waals surface area contributed by atoms with Crippen molar-refractivity contribution in [3.8, 4) is 5.75 Å². The molecule has 4 atom stereocenters. The van der Waals surface area contributed by atoms with Crippen molar-refractivity contribution in [2.75, 3.05) is 50.5 Å². The van der Waals surface area contributed by atoms with Crippen molar-refractivity contribution < 1.29 is 24.2 Å². The maximum atomic E-state index is 14.4. The van der Waals surface area contributed by atoms with Crippen LogP contribution in [0.1, 0.15) is 63.2 Å². The highest BCUT2D eigenvalue weighted by atomic mass is 16.5. The summed E-state index contributed by atoms with van der Waals surface area (Å²) in [6.07, 6.45) is 5.12. The zero-order valence-electron chi connectivity index (χ0n) is 27.7. The standard InChI is InChI=1S/C37H50N4O5/c1-25-21-41(26(2)24-42)36(43)32-20-30(38-37(44)39-33-14-9-12-29-11-5-6-13-31(29)33)17-18-34(32)46-27(3)10-7-8-19-45-35(25)23-40(4)22-28-15-16-28/h5-6,9,11-14,17-18,20,25-28,35,42H,7-8,10,15-16,19,21-24H2,1-4H3,(H2,38,39,44)/t25-,26+,27-,35+/m1/s1. The van der Waals surface area contributed by atoms with E-state index >= 15 is 0 Å². The number of hydrogen-bond donors (Lipinski definition) is 3. The number of fused-ring (bicyclic) bond motifs is 2. The lowest BCUT2D eigenvalue weighted by Gasteiger charge is -2.36. The van der Waals surface area contributed by atoms with Gasteiger partial charge in [-0.2, -0.15) is 0 Å². The molecule has 9 nitrogen and oxygen atoms in total. The molecule has 3 aromatic carbocycles. The second-order valence-electron chi connectivity index (χ2n) is 13.3. The van der Waals surface area contributed by atoms with E-state index in [1.165, 1.54) is 12.8 Å². The monoisotopic (exact) mass is 630 g/mol. The Morgan fingerprint density at radius 2 is 1.80 bits per heavy atom. The lowest BCUT2D eigenvalue weighted by Crippen LogP contribution is -2.47. The third-order valence-corrected chi connectivity index (χ3v) is 9.11. The minimum absolute atomic E-state index is 0.0265. The van der Waals surface area contributed by atoms with Gasteiger partial charge < -0.3 is 35.0 Å². The summed E-state index contributed by atoms with van der Waals surface area (Å²) in [4.78, 5) is 31.6. The molecule has 1 saturated carbocycles. The van der Waals surface area contributed by atoms with Gasteiger partial charge in [-0.05, 0) is 88.6 Å². The van der Waals surface area contributed by atoms with E-state index < -0.39 is 12.1 Å². The first-order valence-electron chi connectivity index (χ1n) is 16.8. The SMILES string of the molecule is C[C@@H]1CCCCO[C@@H](CN(C)CC2CC2)[C@H](C)CN([C@@H](C)CO)C(=O)c2cc(NC(=O)Nc3cccc4ccccc34)ccc2O1. The lowest BCUT2D eigenvalue weighted by molar-refractivity contribution is -0.0172. The number of likely N-dealkylation sites (N-methyl/N-ethyl adjacent to an activating group) is 1. The van der Waals surface area contributed by atoms with E-state index in [2.05, 4.69) is 29.5 Å². The first kappa shape index (κ1) is 33.7. The Kier molecular flexibility index (Phi) is 11.5. The molecular weight excluding hydrogens is 580 g/mol. The van der Waals surface area contributed by atoms with E-state index in [1.807, 2.05) is 56.3 Å². The maximum Gasteiger partial charge on any atom is 0.323 e. The number of aliphatic hydroxyl groups excluding tert-OH is 1. The zero-order valence-corrected chi connectivity index (χ0v) is 27.7. The molecule has 1 aliphatic carbocycles. The molecule has 3 aromatic rings. The molecule has 1 heterocycles. The average Bonchev–Trinajstić information content (AvgIpc) is 3.86. The number of carbonyl (C=O) groups excluding carboxylic acids is 2. The summed E-state index contributed by atoms with van der Waals surface area (Å²) in [7, 11) is 2.15. The number of nitrogens with zero attached hydrogens (tertiary/aromatic N) is 2. The third kappa shape index (κ3) is 8.99. The van der Waals surface area contributed by atoms with Gasteiger partial charge in [-0.15, -0.1) is 0 Å². The van der Waals surface area contributed by atoms with E-state index in [0.29, 0.717) is 35.8 Å². The van der Waals surface area contributed by atoms with Gasteiger partial charge >= 0.3 is 6.03 Å². The Morgan fingerprint density at radius 1 is 1.02 bits per heavy atom. The van der Waals surface area contributed by atoms with Crippen molar-refractivity contribution in [1.29, 1.82) is 0 Å². The quantitative estimate of drug-likeness (QED) is 0.259. The molecule has 0 spiro atoms. The van der Waals surface area contributed by atoms with E-state index in [1.54, 1.807) is 23.1 Å². The summed E-state index contributed by atoms with van der Waals surface area (Å²) in [6.45, 7) is 8.75. The van der Waals surface area contributed by atoms with Gasteiger partial charge in [0.2, 0.25) is 0 Å². The van der Waals surface area contributed by atoms with Gasteiger partial charge in [0.15, 0.2) is 0 Å². The molecule has 5 rings (SSSR count). The van der Waals surface area contributed by atoms with Crippen LogP contribution >= 0.6 is 0 Å². The fraction of sp³-hybridized carbons (Fsp3) is 0.514. The first-order chi connectivity index (χ1) is 22.2. The minimum atomic E-state index is -0.427. The Hall–Kier alpha value is -3.66. The van der Waals surface area contributed by atoms with Crippen molar-refractivity contribution >= 4 is 34.1 Å². The largest absolute Gasteiger partial charge is 0.490 e. The van der Waals surface area contributed by atoms with E-state index in [-0.39, 0.29) is 30.6 Å². The zero-order chi connectivity index (χ0) is 32.6. The van der Waals surface area contributed by atoms with Gasteiger partial charge in [0.1, 0.15) is 5.75 Å². The minimum Gasteiger partial charge on any atom is -0.490 e. The Bertz CT molecular complexity index is 1470. The topological polar surface area (TPSA) is 103 Å². The molecule has 3 N–H and O–H groups in total. The number of aliphatic hydroxyl groups is 1. The summed E-state index contributed by atoms with van der Waals surface area (Å²) >= 11 is 0. The van der Waals surface area contributed by atoms with Crippen molar-refractivity contribution in [3.63, 3.8) is 0 Å². The molecule has 46 heavy (non-hydrogen) atoms. The van der Waals surface area contributed by atoms with Crippen LogP contribution in [0.3, 0.4) is 0 Å². The second kappa shape index (κ2) is 15.8. The normalized spacial score (nSPS) is 22.1. The van der Waals surface area contributed by atoms with Crippen LogP contribution in [0.15, 0.2) is 60.7 Å². The molecule has 0 bridgehead atoms. The number of amides is 3. The van der Waals surface area contributed by atoms with Crippen molar-refractivity contribution in [3.05, 3.63) is 66.2 Å². The Labute approximate surface area is 273 Å². The molecule has 1 aliphatic heterocycles. The third-order valence-electron chi connectivity index (χ3n) is 9.11. The number of nitrogens with one attached hydrogen (secondary N) is 2. The van der Waals surface area contributed by atoms with E-state index in [4.69, 9.17) is 9.47 Å². The Balaban J connectivity index is 1.39. The summed E-state index contributed by atoms with van der Waals surface area (Å²) in [6, 6.07) is 18.0. The molecular formula is C37H50N4O5. The van der Waals surface area contributed by atoms with E-state index in [9.17, 15) is 14.7 Å². The number of ether oxygens (including phenoxy) is 2. The van der Waals surface area contributed by atoms with Gasteiger partial charge in [-0.1, -0.05) is 43.3 Å². The number of benzene rings is 3. The smallest absolute Gasteiger partial charge is 0.323 e. The van der Waals surface area contributed by atoms with E-state index in [0.717, 1.165) is 49.0 Å². The summed E-state index contributed by atoms with van der Waals surface area (Å²) < 4.78 is 12.8. The van der Waals surface area contributed by atoms with Crippen LogP contribution in [0.4, 0.5) is 16.2 Å². The van der Waals surface area contributed by atoms with Crippen LogP contribution in [0.5, 0.6) is 5.75 Å². The Morgan fingerprint density at radius 3 is 2.59 bits per heavy atom. The van der Waals surface area contributed by atoms with Crippen LogP contribution in [-0.2, 0) is 4.74 Å². The summed E-state index contributed by atoms with van der Waals surface area (Å²) in [5.41, 5.74) is 1.51. The van der Waals surface area contributed by atoms with Crippen LogP contribution in [0, 0.1) is 11.8 Å². The molecule has 9 heteroatoms. The van der Waals surface area contributed by atoms with Gasteiger partial charge in [0, 0.05) is 43.2 Å². The fourth-order valence-electron chi connectivity index (χ4n) is 6.20. The molecule has 1 fully saturated rings. The van der Waals surface area contributed by atoms with Crippen LogP contribution in [0.2, 0.25) is 0 Å². The molecule has 248 valence electrons. The fourth-order valence-corrected chi connectivity index (χ4v) is 6.20. The van der Waals surface area contributed by atoms with Gasteiger partial charge in [-0.3, -0.25) is 4.79 Å². The summed E-state index contributed by atoms with van der Waals surface area (Å²) in [5.74, 6) is 1.02. The molecule has 0 aromatic heterocycles. The maximum absolute atomic E-state index is 14.4. The second-order valence-corrected chi connectivity index (χ2v) is 13.3. The van der Waals surface area contributed by atoms with Gasteiger partial charge in [0.05, 0.1) is 36.1 Å². The number of rotatable bonds is 8. The number of anilines is 2. The number of urea groups is 1. The number of carbonyl (C=O) groups is 2. The van der Waals surface area contributed by atoms with Crippen molar-refractivity contribution in [2.45, 2.75) is 71.1 Å². The van der Waals surface area contributed by atoms with Crippen LogP contribution in [0.25, 0.3) is 10.8 Å². The van der Waals surface area contributed by atoms with Crippen LogP contribution in [-0.4, -0.2) is 85.0 Å². The predicted octanol–water partition coefficient (Wildman–Crippen LogP) is 6.62. The van der Waals surface area contributed by atoms with Crippen molar-refractivity contribution in [1.82, 2.24) is 9.80 Å². The highest BCUT2D eigenvalue weighted by Crippen LogP contribution is 2.31. The van der Waals surface area contributed by atoms with Gasteiger partial charge in [-0.25, -0.2) is 4.79 Å². The molecule has 0 saturated heterocycles. The highest BCUT2D eigenvalue weighted by molar-refractivity contribution is 6.07. The summed E-state index contributed by atoms with van der Waals surface area (Å²) in [5, 5.41) is 18.0. The predicted molar refractivity (Wildman–Crippen MR) is 184 cm³/mol.